The molecule has 116 valence electrons. The second-order valence-corrected chi connectivity index (χ2v) is 5.21. The lowest BCUT2D eigenvalue weighted by Crippen LogP contribution is -2.29. The van der Waals surface area contributed by atoms with E-state index >= 15 is 0 Å². The van der Waals surface area contributed by atoms with Crippen LogP contribution in [0.3, 0.4) is 0 Å². The molecular weight excluding hydrogens is 250 g/mol. The molecule has 20 heavy (non-hydrogen) atoms. The minimum Gasteiger partial charge on any atom is -0.382 e. The molecule has 0 radical (unpaired) electrons. The van der Waals surface area contributed by atoms with Gasteiger partial charge in [-0.2, -0.15) is 0 Å². The highest BCUT2D eigenvalue weighted by Crippen LogP contribution is 2.33. The Hall–Kier alpha value is -0.900. The van der Waals surface area contributed by atoms with Crippen molar-refractivity contribution in [3.63, 3.8) is 0 Å². The minimum absolute atomic E-state index is 0.0919. The van der Waals surface area contributed by atoms with Crippen LogP contribution < -0.4 is 0 Å². The van der Waals surface area contributed by atoms with Crippen molar-refractivity contribution in [3.8, 4) is 0 Å². The van der Waals surface area contributed by atoms with Crippen LogP contribution >= 0.6 is 0 Å². The summed E-state index contributed by atoms with van der Waals surface area (Å²) < 4.78 is 10.4. The fourth-order valence-electron chi connectivity index (χ4n) is 2.12. The van der Waals surface area contributed by atoms with Gasteiger partial charge < -0.3 is 14.4 Å². The summed E-state index contributed by atoms with van der Waals surface area (Å²) >= 11 is 0. The van der Waals surface area contributed by atoms with E-state index in [9.17, 15) is 0 Å². The zero-order chi connectivity index (χ0) is 15.3. The Morgan fingerprint density at radius 1 is 1.00 bits per heavy atom. The van der Waals surface area contributed by atoms with E-state index in [1.807, 2.05) is 12.2 Å². The summed E-state index contributed by atoms with van der Waals surface area (Å²) in [5.74, 6) is 0. The lowest BCUT2D eigenvalue weighted by atomic mass is 9.78. The molecule has 0 aromatic heterocycles. The van der Waals surface area contributed by atoms with Gasteiger partial charge in [-0.25, -0.2) is 0 Å². The molecule has 0 aromatic rings. The topological polar surface area (TPSA) is 21.7 Å². The molecule has 3 nitrogen and oxygen atoms in total. The van der Waals surface area contributed by atoms with Gasteiger partial charge in [0.05, 0.1) is 19.8 Å². The van der Waals surface area contributed by atoms with Crippen molar-refractivity contribution in [2.75, 3.05) is 47.1 Å². The van der Waals surface area contributed by atoms with Gasteiger partial charge in [0.2, 0.25) is 0 Å². The highest BCUT2D eigenvalue weighted by atomic mass is 16.5. The maximum Gasteiger partial charge on any atom is 0.0700 e. The lowest BCUT2D eigenvalue weighted by Gasteiger charge is -2.30. The molecule has 0 bridgehead atoms. The second kappa shape index (κ2) is 11.9. The third kappa shape index (κ3) is 8.31. The predicted molar refractivity (Wildman–Crippen MR) is 87.1 cm³/mol. The third-order valence-electron chi connectivity index (χ3n) is 3.58. The Bertz CT molecular complexity index is 266. The van der Waals surface area contributed by atoms with Gasteiger partial charge in [0.25, 0.3) is 0 Å². The summed E-state index contributed by atoms with van der Waals surface area (Å²) in [5.41, 5.74) is 0.0919. The van der Waals surface area contributed by atoms with Gasteiger partial charge in [-0.3, -0.25) is 0 Å². The van der Waals surface area contributed by atoms with Crippen LogP contribution in [0.25, 0.3) is 0 Å². The normalized spacial score (nSPS) is 11.6. The zero-order valence-corrected chi connectivity index (χ0v) is 13.3. The summed E-state index contributed by atoms with van der Waals surface area (Å²) in [7, 11) is 3.80. The Morgan fingerprint density at radius 2 is 1.65 bits per heavy atom. The number of likely N-dealkylation sites (N-methyl/N-ethyl adjacent to an activating group) is 1. The average molecular weight is 281 g/mol. The van der Waals surface area contributed by atoms with Crippen LogP contribution in [0.1, 0.15) is 19.3 Å². The maximum atomic E-state index is 5.48. The summed E-state index contributed by atoms with van der Waals surface area (Å²) in [6.07, 6.45) is 8.95. The average Bonchev–Trinajstić information content (AvgIpc) is 2.45. The molecule has 0 fully saturated rings. The molecule has 0 heterocycles. The van der Waals surface area contributed by atoms with Crippen LogP contribution in [-0.2, 0) is 9.47 Å². The van der Waals surface area contributed by atoms with E-state index in [0.717, 1.165) is 39.0 Å². The molecule has 3 heteroatoms. The first kappa shape index (κ1) is 19.1. The van der Waals surface area contributed by atoms with Crippen LogP contribution in [0.15, 0.2) is 38.0 Å². The second-order valence-electron chi connectivity index (χ2n) is 5.21. The summed E-state index contributed by atoms with van der Waals surface area (Å²) in [4.78, 5) is 2.29. The molecule has 0 N–H and O–H groups in total. The molecule has 0 unspecified atom stereocenters. The molecular formula is C17H31NO2. The van der Waals surface area contributed by atoms with Crippen molar-refractivity contribution in [1.82, 2.24) is 4.90 Å². The van der Waals surface area contributed by atoms with Gasteiger partial charge in [0.15, 0.2) is 0 Å². The van der Waals surface area contributed by atoms with E-state index in [-0.39, 0.29) is 5.41 Å². The van der Waals surface area contributed by atoms with Crippen molar-refractivity contribution in [1.29, 1.82) is 0 Å². The highest BCUT2D eigenvalue weighted by Gasteiger charge is 2.23. The number of methoxy groups -OCH3 is 1. The number of ether oxygens (including phenoxy) is 2. The van der Waals surface area contributed by atoms with Gasteiger partial charge in [-0.15, -0.1) is 19.7 Å². The molecule has 0 rings (SSSR count). The van der Waals surface area contributed by atoms with Crippen LogP contribution in [0.5, 0.6) is 0 Å². The fraction of sp³-hybridized carbons (Fsp3) is 0.647. The lowest BCUT2D eigenvalue weighted by molar-refractivity contribution is 0.0594. The van der Waals surface area contributed by atoms with Crippen LogP contribution in [0.4, 0.5) is 0 Å². The van der Waals surface area contributed by atoms with Crippen molar-refractivity contribution < 1.29 is 9.47 Å². The summed E-state index contributed by atoms with van der Waals surface area (Å²) in [6, 6.07) is 0. The molecule has 0 aliphatic rings. The Morgan fingerprint density at radius 3 is 2.15 bits per heavy atom. The van der Waals surface area contributed by atoms with Gasteiger partial charge in [-0.05, 0) is 38.3 Å². The van der Waals surface area contributed by atoms with Crippen molar-refractivity contribution >= 4 is 0 Å². The predicted octanol–water partition coefficient (Wildman–Crippen LogP) is 3.30. The Labute approximate surface area is 124 Å². The molecule has 0 amide bonds. The Kier molecular flexibility index (Phi) is 11.4. The largest absolute Gasteiger partial charge is 0.382 e. The zero-order valence-electron chi connectivity index (χ0n) is 13.3. The highest BCUT2D eigenvalue weighted by molar-refractivity contribution is 5.02. The standard InChI is InChI=1S/C17H31NO2/c1-6-9-17(8-3,10-7-2)11-12-18(4)13-14-20-16-15-19-5/h6-8H,1-3,9-16H2,4-5H3. The van der Waals surface area contributed by atoms with Crippen molar-refractivity contribution in [2.45, 2.75) is 19.3 Å². The minimum atomic E-state index is 0.0919. The monoisotopic (exact) mass is 281 g/mol. The molecule has 0 aliphatic heterocycles. The first-order valence-corrected chi connectivity index (χ1v) is 7.24. The number of nitrogens with zero attached hydrogens (tertiary/aromatic N) is 1. The fourth-order valence-corrected chi connectivity index (χ4v) is 2.12. The van der Waals surface area contributed by atoms with E-state index < -0.39 is 0 Å². The quantitative estimate of drug-likeness (QED) is 0.360. The SMILES string of the molecule is C=CCC(C=C)(CC=C)CCN(C)CCOCCOC. The van der Waals surface area contributed by atoms with Gasteiger partial charge >= 0.3 is 0 Å². The van der Waals surface area contributed by atoms with E-state index in [1.165, 1.54) is 0 Å². The van der Waals surface area contributed by atoms with Crippen molar-refractivity contribution in [2.24, 2.45) is 5.41 Å². The molecule has 0 atom stereocenters. The number of hydrogen-bond donors (Lipinski definition) is 0. The third-order valence-corrected chi connectivity index (χ3v) is 3.58. The van der Waals surface area contributed by atoms with E-state index in [0.29, 0.717) is 13.2 Å². The Balaban J connectivity index is 4.03. The van der Waals surface area contributed by atoms with E-state index in [4.69, 9.17) is 9.47 Å². The first-order valence-electron chi connectivity index (χ1n) is 7.24. The van der Waals surface area contributed by atoms with Gasteiger partial charge in [0.1, 0.15) is 0 Å². The van der Waals surface area contributed by atoms with E-state index in [2.05, 4.69) is 37.8 Å². The number of allylic oxidation sites excluding steroid dienone is 3. The number of rotatable bonds is 14. The summed E-state index contributed by atoms with van der Waals surface area (Å²) in [6.45, 7) is 15.7. The maximum absolute atomic E-state index is 5.48. The molecule has 0 spiro atoms. The smallest absolute Gasteiger partial charge is 0.0700 e. The van der Waals surface area contributed by atoms with Crippen LogP contribution in [-0.4, -0.2) is 52.0 Å². The molecule has 0 aromatic carbocycles. The van der Waals surface area contributed by atoms with Crippen LogP contribution in [0.2, 0.25) is 0 Å². The first-order chi connectivity index (χ1) is 9.64. The number of hydrogen-bond acceptors (Lipinski definition) is 3. The molecule has 0 aliphatic carbocycles. The van der Waals surface area contributed by atoms with Crippen molar-refractivity contribution in [3.05, 3.63) is 38.0 Å². The molecule has 0 saturated heterocycles. The molecule has 0 saturated carbocycles. The van der Waals surface area contributed by atoms with Gasteiger partial charge in [-0.1, -0.05) is 18.2 Å². The summed E-state index contributed by atoms with van der Waals surface area (Å²) in [5, 5.41) is 0. The van der Waals surface area contributed by atoms with Crippen LogP contribution in [0, 0.1) is 5.41 Å². The van der Waals surface area contributed by atoms with Gasteiger partial charge in [0, 0.05) is 13.7 Å². The van der Waals surface area contributed by atoms with E-state index in [1.54, 1.807) is 7.11 Å².